The summed E-state index contributed by atoms with van der Waals surface area (Å²) >= 11 is 5.92. The van der Waals surface area contributed by atoms with Gasteiger partial charge < -0.3 is 10.5 Å². The van der Waals surface area contributed by atoms with Crippen LogP contribution in [0.25, 0.3) is 0 Å². The average Bonchev–Trinajstić information content (AvgIpc) is 2.42. The van der Waals surface area contributed by atoms with Crippen molar-refractivity contribution in [1.82, 2.24) is 0 Å². The highest BCUT2D eigenvalue weighted by molar-refractivity contribution is 6.30. The minimum Gasteiger partial charge on any atom is -0.456 e. The molecule has 0 aromatic heterocycles. The topological polar surface area (TPSA) is 78.4 Å². The first kappa shape index (κ1) is 15.3. The molecule has 0 spiro atoms. The molecule has 0 aliphatic heterocycles. The molecule has 6 heteroatoms. The number of aryl methyl sites for hydroxylation is 2. The smallest absolute Gasteiger partial charge is 0.276 e. The number of nitro benzene ring substituents is 1. The van der Waals surface area contributed by atoms with Crippen LogP contribution in [0, 0.1) is 24.0 Å². The summed E-state index contributed by atoms with van der Waals surface area (Å²) in [5.74, 6) is 0.979. The average molecular weight is 307 g/mol. The van der Waals surface area contributed by atoms with Crippen LogP contribution in [-0.4, -0.2) is 4.92 Å². The summed E-state index contributed by atoms with van der Waals surface area (Å²) in [4.78, 5) is 10.6. The van der Waals surface area contributed by atoms with Crippen molar-refractivity contribution in [2.24, 2.45) is 5.73 Å². The predicted molar refractivity (Wildman–Crippen MR) is 82.0 cm³/mol. The summed E-state index contributed by atoms with van der Waals surface area (Å²) in [5, 5.41) is 11.6. The van der Waals surface area contributed by atoms with Crippen molar-refractivity contribution in [3.8, 4) is 11.5 Å². The normalized spacial score (nSPS) is 10.5. The van der Waals surface area contributed by atoms with Gasteiger partial charge in [0.15, 0.2) is 0 Å². The number of nitrogens with two attached hydrogens (primary N) is 1. The van der Waals surface area contributed by atoms with Crippen molar-refractivity contribution >= 4 is 17.3 Å². The molecule has 0 bridgehead atoms. The van der Waals surface area contributed by atoms with E-state index >= 15 is 0 Å². The van der Waals surface area contributed by atoms with Gasteiger partial charge in [-0.25, -0.2) is 0 Å². The van der Waals surface area contributed by atoms with Gasteiger partial charge in [-0.15, -0.1) is 0 Å². The van der Waals surface area contributed by atoms with Crippen molar-refractivity contribution in [2.45, 2.75) is 20.4 Å². The third-order valence-corrected chi connectivity index (χ3v) is 3.39. The van der Waals surface area contributed by atoms with Gasteiger partial charge in [0, 0.05) is 22.7 Å². The number of nitrogens with zero attached hydrogens (tertiary/aromatic N) is 1. The van der Waals surface area contributed by atoms with Crippen LogP contribution in [0.15, 0.2) is 30.3 Å². The predicted octanol–water partition coefficient (Wildman–Crippen LogP) is 4.12. The molecular formula is C15H15ClN2O3. The molecule has 0 heterocycles. The van der Waals surface area contributed by atoms with Crippen LogP contribution in [0.1, 0.15) is 16.7 Å². The van der Waals surface area contributed by atoms with Gasteiger partial charge in [0.25, 0.3) is 5.69 Å². The zero-order valence-electron chi connectivity index (χ0n) is 11.7. The van der Waals surface area contributed by atoms with Gasteiger partial charge in [0.1, 0.15) is 11.5 Å². The number of rotatable bonds is 4. The third kappa shape index (κ3) is 3.32. The Morgan fingerprint density at radius 2 is 1.90 bits per heavy atom. The van der Waals surface area contributed by atoms with E-state index in [4.69, 9.17) is 22.1 Å². The van der Waals surface area contributed by atoms with Gasteiger partial charge >= 0.3 is 0 Å². The second kappa shape index (κ2) is 6.11. The molecule has 2 rings (SSSR count). The van der Waals surface area contributed by atoms with Gasteiger partial charge in [-0.05, 0) is 43.7 Å². The Labute approximate surface area is 127 Å². The summed E-state index contributed by atoms with van der Waals surface area (Å²) < 4.78 is 5.79. The van der Waals surface area contributed by atoms with E-state index < -0.39 is 4.92 Å². The number of ether oxygens (including phenoxy) is 1. The molecule has 0 amide bonds. The second-order valence-electron chi connectivity index (χ2n) is 4.72. The Morgan fingerprint density at radius 1 is 1.19 bits per heavy atom. The fraction of sp³-hybridized carbons (Fsp3) is 0.200. The van der Waals surface area contributed by atoms with E-state index in [0.717, 1.165) is 11.1 Å². The first-order valence-electron chi connectivity index (χ1n) is 6.34. The van der Waals surface area contributed by atoms with Gasteiger partial charge in [0.05, 0.1) is 11.0 Å². The lowest BCUT2D eigenvalue weighted by Gasteiger charge is -2.13. The molecule has 5 nitrogen and oxygen atoms in total. The molecule has 0 fully saturated rings. The van der Waals surface area contributed by atoms with Crippen LogP contribution in [-0.2, 0) is 6.54 Å². The molecular weight excluding hydrogens is 292 g/mol. The van der Waals surface area contributed by atoms with E-state index in [2.05, 4.69) is 0 Å². The largest absolute Gasteiger partial charge is 0.456 e. The maximum atomic E-state index is 11.0. The number of hydrogen-bond acceptors (Lipinski definition) is 4. The highest BCUT2D eigenvalue weighted by atomic mass is 35.5. The quantitative estimate of drug-likeness (QED) is 0.681. The molecule has 0 saturated heterocycles. The van der Waals surface area contributed by atoms with Crippen molar-refractivity contribution in [3.05, 3.63) is 62.2 Å². The van der Waals surface area contributed by atoms with Gasteiger partial charge in [-0.1, -0.05) is 11.6 Å². The maximum absolute atomic E-state index is 11.0. The molecule has 0 unspecified atom stereocenters. The Bertz CT molecular complexity index is 702. The molecule has 110 valence electrons. The molecule has 0 saturated carbocycles. The van der Waals surface area contributed by atoms with Gasteiger partial charge in [-0.3, -0.25) is 10.1 Å². The molecule has 21 heavy (non-hydrogen) atoms. The second-order valence-corrected chi connectivity index (χ2v) is 5.16. The fourth-order valence-electron chi connectivity index (χ4n) is 2.05. The minimum atomic E-state index is -0.423. The number of nitro groups is 1. The van der Waals surface area contributed by atoms with E-state index in [-0.39, 0.29) is 12.2 Å². The lowest BCUT2D eigenvalue weighted by atomic mass is 10.1. The summed E-state index contributed by atoms with van der Waals surface area (Å²) in [5.41, 5.74) is 7.85. The fourth-order valence-corrected chi connectivity index (χ4v) is 2.25. The Balaban J connectivity index is 2.44. The van der Waals surface area contributed by atoms with Gasteiger partial charge in [0.2, 0.25) is 0 Å². The van der Waals surface area contributed by atoms with Crippen LogP contribution < -0.4 is 10.5 Å². The Hall–Kier alpha value is -2.11. The monoisotopic (exact) mass is 306 g/mol. The summed E-state index contributed by atoms with van der Waals surface area (Å²) in [6.45, 7) is 3.80. The Morgan fingerprint density at radius 3 is 2.52 bits per heavy atom. The highest BCUT2D eigenvalue weighted by Gasteiger charge is 2.15. The van der Waals surface area contributed by atoms with Gasteiger partial charge in [-0.2, -0.15) is 0 Å². The van der Waals surface area contributed by atoms with Crippen LogP contribution in [0.2, 0.25) is 5.02 Å². The zero-order chi connectivity index (χ0) is 15.6. The van der Waals surface area contributed by atoms with Crippen molar-refractivity contribution < 1.29 is 9.66 Å². The van der Waals surface area contributed by atoms with Crippen LogP contribution in [0.5, 0.6) is 11.5 Å². The third-order valence-electron chi connectivity index (χ3n) is 3.15. The molecule has 0 radical (unpaired) electrons. The zero-order valence-corrected chi connectivity index (χ0v) is 12.5. The number of hydrogen-bond donors (Lipinski definition) is 1. The molecule has 0 atom stereocenters. The van der Waals surface area contributed by atoms with Crippen molar-refractivity contribution in [3.63, 3.8) is 0 Å². The van der Waals surface area contributed by atoms with Crippen molar-refractivity contribution in [1.29, 1.82) is 0 Å². The molecule has 0 aliphatic rings. The number of benzene rings is 2. The standard InChI is InChI=1S/C15H15ClN2O3/c1-9-5-10(2)15(7-13(9)18(19)20)21-14-4-3-12(16)6-11(14)8-17/h3-7H,8,17H2,1-2H3. The van der Waals surface area contributed by atoms with E-state index in [9.17, 15) is 10.1 Å². The van der Waals surface area contributed by atoms with E-state index in [1.807, 2.05) is 6.92 Å². The van der Waals surface area contributed by atoms with E-state index in [1.165, 1.54) is 6.07 Å². The summed E-state index contributed by atoms with van der Waals surface area (Å²) in [6, 6.07) is 8.27. The first-order chi connectivity index (χ1) is 9.92. The van der Waals surface area contributed by atoms with Crippen LogP contribution >= 0.6 is 11.6 Å². The molecule has 0 aliphatic carbocycles. The number of halogens is 1. The Kier molecular flexibility index (Phi) is 4.45. The molecule has 2 aromatic carbocycles. The van der Waals surface area contributed by atoms with E-state index in [1.54, 1.807) is 31.2 Å². The maximum Gasteiger partial charge on any atom is 0.276 e. The summed E-state index contributed by atoms with van der Waals surface area (Å²) in [7, 11) is 0. The van der Waals surface area contributed by atoms with Crippen LogP contribution in [0.3, 0.4) is 0 Å². The highest BCUT2D eigenvalue weighted by Crippen LogP contribution is 2.33. The lowest BCUT2D eigenvalue weighted by Crippen LogP contribution is -2.01. The van der Waals surface area contributed by atoms with E-state index in [0.29, 0.717) is 22.1 Å². The van der Waals surface area contributed by atoms with Crippen molar-refractivity contribution in [2.75, 3.05) is 0 Å². The van der Waals surface area contributed by atoms with Crippen LogP contribution in [0.4, 0.5) is 5.69 Å². The summed E-state index contributed by atoms with van der Waals surface area (Å²) in [6.07, 6.45) is 0. The molecule has 2 N–H and O–H groups in total. The molecule has 2 aromatic rings. The SMILES string of the molecule is Cc1cc(C)c([N+](=O)[O-])cc1Oc1ccc(Cl)cc1CN. The lowest BCUT2D eigenvalue weighted by molar-refractivity contribution is -0.385. The minimum absolute atomic E-state index is 0.0267. The first-order valence-corrected chi connectivity index (χ1v) is 6.72.